The van der Waals surface area contributed by atoms with Gasteiger partial charge in [-0.2, -0.15) is 0 Å². The van der Waals surface area contributed by atoms with Crippen LogP contribution in [0.15, 0.2) is 12.2 Å². The zero-order chi connectivity index (χ0) is 33.8. The fraction of sp³-hybridized carbons (Fsp3) is 0.875. The summed E-state index contributed by atoms with van der Waals surface area (Å²) in [4.78, 5) is 34.9. The quantitative estimate of drug-likeness (QED) is 0.0400. The summed E-state index contributed by atoms with van der Waals surface area (Å²) in [5, 5.41) is 11.1. The van der Waals surface area contributed by atoms with Crippen molar-refractivity contribution in [2.45, 2.75) is 219 Å². The fourth-order valence-corrected chi connectivity index (χ4v) is 5.98. The largest absolute Gasteiger partial charge is 0.480 e. The van der Waals surface area contributed by atoms with Crippen LogP contribution in [0, 0.1) is 0 Å². The van der Waals surface area contributed by atoms with E-state index >= 15 is 0 Å². The van der Waals surface area contributed by atoms with Crippen LogP contribution in [0.1, 0.15) is 213 Å². The number of unbranched alkanes of at least 4 members (excludes halogenated alkanes) is 23. The molecule has 0 heterocycles. The van der Waals surface area contributed by atoms with Crippen molar-refractivity contribution in [1.82, 2.24) is 5.32 Å². The first kappa shape index (κ1) is 44.1. The van der Waals surface area contributed by atoms with E-state index in [0.717, 1.165) is 64.2 Å². The lowest BCUT2D eigenvalue weighted by Gasteiger charge is -2.18. The van der Waals surface area contributed by atoms with E-state index in [-0.39, 0.29) is 24.5 Å². The summed E-state index contributed by atoms with van der Waals surface area (Å²) >= 11 is 0. The maximum absolute atomic E-state index is 12.7. The Labute approximate surface area is 284 Å². The molecule has 6 heteroatoms. The van der Waals surface area contributed by atoms with Crippen molar-refractivity contribution in [3.05, 3.63) is 12.2 Å². The van der Waals surface area contributed by atoms with Crippen LogP contribution in [0.3, 0.4) is 0 Å². The number of carbonyl (C=O) groups excluding carboxylic acids is 2. The second kappa shape index (κ2) is 36.0. The van der Waals surface area contributed by atoms with E-state index in [1.165, 1.54) is 122 Å². The minimum Gasteiger partial charge on any atom is -0.480 e. The number of allylic oxidation sites excluding steroid dienone is 2. The number of nitrogens with one attached hydrogen (secondary N) is 1. The minimum absolute atomic E-state index is 0.0219. The van der Waals surface area contributed by atoms with Gasteiger partial charge in [0.2, 0.25) is 5.91 Å². The third kappa shape index (κ3) is 35.0. The summed E-state index contributed by atoms with van der Waals surface area (Å²) in [6, 6.07) is 0. The highest BCUT2D eigenvalue weighted by Gasteiger charge is 2.14. The topological polar surface area (TPSA) is 92.7 Å². The van der Waals surface area contributed by atoms with Crippen LogP contribution in [0.25, 0.3) is 0 Å². The normalized spacial score (nSPS) is 12.0. The van der Waals surface area contributed by atoms with Gasteiger partial charge in [-0.3, -0.25) is 14.4 Å². The smallest absolute Gasteiger partial charge is 0.322 e. The molecular formula is C40H75NO5. The van der Waals surface area contributed by atoms with Crippen molar-refractivity contribution in [1.29, 1.82) is 0 Å². The number of hydrogen-bond acceptors (Lipinski definition) is 4. The van der Waals surface area contributed by atoms with Crippen LogP contribution in [0.5, 0.6) is 0 Å². The van der Waals surface area contributed by atoms with E-state index in [1.54, 1.807) is 0 Å². The first-order valence-corrected chi connectivity index (χ1v) is 19.8. The SMILES string of the molecule is CCCCCCC/C=C\CCCCCCCC(=O)OC(CCCCCCCCCCCC)CCCCCCCC(=O)NCC(=O)O. The number of carboxylic acid groups (broad SMARTS) is 1. The van der Waals surface area contributed by atoms with Gasteiger partial charge in [-0.15, -0.1) is 0 Å². The average Bonchev–Trinajstić information content (AvgIpc) is 3.04. The Balaban J connectivity index is 4.14. The predicted molar refractivity (Wildman–Crippen MR) is 194 cm³/mol. The Bertz CT molecular complexity index is 722. The molecule has 0 saturated heterocycles. The molecule has 0 bridgehead atoms. The highest BCUT2D eigenvalue weighted by molar-refractivity contribution is 5.80. The van der Waals surface area contributed by atoms with Gasteiger partial charge in [0.1, 0.15) is 12.6 Å². The molecule has 46 heavy (non-hydrogen) atoms. The van der Waals surface area contributed by atoms with E-state index in [1.807, 2.05) is 0 Å². The number of hydrogen-bond donors (Lipinski definition) is 2. The third-order valence-corrected chi connectivity index (χ3v) is 8.94. The molecule has 0 aliphatic heterocycles. The van der Waals surface area contributed by atoms with E-state index in [0.29, 0.717) is 12.8 Å². The monoisotopic (exact) mass is 650 g/mol. The highest BCUT2D eigenvalue weighted by Crippen LogP contribution is 2.19. The van der Waals surface area contributed by atoms with Crippen LogP contribution in [-0.2, 0) is 19.1 Å². The van der Waals surface area contributed by atoms with Gasteiger partial charge in [0.15, 0.2) is 0 Å². The first-order chi connectivity index (χ1) is 22.5. The van der Waals surface area contributed by atoms with E-state index in [4.69, 9.17) is 9.84 Å². The fourth-order valence-electron chi connectivity index (χ4n) is 5.98. The molecule has 0 aromatic heterocycles. The molecule has 0 spiro atoms. The molecule has 0 aromatic rings. The molecule has 0 radical (unpaired) electrons. The summed E-state index contributed by atoms with van der Waals surface area (Å²) in [6.45, 7) is 4.22. The first-order valence-electron chi connectivity index (χ1n) is 19.8. The molecule has 0 aliphatic rings. The molecule has 0 aromatic carbocycles. The van der Waals surface area contributed by atoms with Crippen LogP contribution in [0.2, 0.25) is 0 Å². The maximum Gasteiger partial charge on any atom is 0.322 e. The Morgan fingerprint density at radius 1 is 0.543 bits per heavy atom. The maximum atomic E-state index is 12.7. The lowest BCUT2D eigenvalue weighted by Crippen LogP contribution is -2.28. The highest BCUT2D eigenvalue weighted by atomic mass is 16.5. The summed E-state index contributed by atoms with van der Waals surface area (Å²) < 4.78 is 6.00. The Kier molecular flexibility index (Phi) is 34.5. The molecule has 0 aliphatic carbocycles. The number of rotatable bonds is 36. The summed E-state index contributed by atoms with van der Waals surface area (Å²) in [6.07, 6.45) is 40.4. The number of esters is 1. The Hall–Kier alpha value is -1.85. The molecule has 0 rings (SSSR count). The van der Waals surface area contributed by atoms with Gasteiger partial charge in [0.25, 0.3) is 0 Å². The Morgan fingerprint density at radius 2 is 0.935 bits per heavy atom. The molecule has 1 unspecified atom stereocenters. The minimum atomic E-state index is -1.01. The third-order valence-electron chi connectivity index (χ3n) is 8.94. The van der Waals surface area contributed by atoms with Crippen molar-refractivity contribution in [2.24, 2.45) is 0 Å². The second-order valence-electron chi connectivity index (χ2n) is 13.5. The van der Waals surface area contributed by atoms with Crippen LogP contribution in [-0.4, -0.2) is 35.6 Å². The molecule has 0 saturated carbocycles. The summed E-state index contributed by atoms with van der Waals surface area (Å²) in [7, 11) is 0. The number of carbonyl (C=O) groups is 3. The summed E-state index contributed by atoms with van der Waals surface area (Å²) in [5.74, 6) is -1.23. The number of amides is 1. The van der Waals surface area contributed by atoms with Crippen molar-refractivity contribution in [3.8, 4) is 0 Å². The number of ether oxygens (including phenoxy) is 1. The number of aliphatic carboxylic acids is 1. The van der Waals surface area contributed by atoms with Crippen LogP contribution < -0.4 is 5.32 Å². The van der Waals surface area contributed by atoms with Crippen LogP contribution in [0.4, 0.5) is 0 Å². The lowest BCUT2D eigenvalue weighted by atomic mass is 10.0. The predicted octanol–water partition coefficient (Wildman–Crippen LogP) is 11.8. The van der Waals surface area contributed by atoms with Gasteiger partial charge < -0.3 is 15.2 Å². The molecule has 270 valence electrons. The van der Waals surface area contributed by atoms with Gasteiger partial charge >= 0.3 is 11.9 Å². The lowest BCUT2D eigenvalue weighted by molar-refractivity contribution is -0.150. The van der Waals surface area contributed by atoms with Crippen molar-refractivity contribution in [2.75, 3.05) is 6.54 Å². The zero-order valence-corrected chi connectivity index (χ0v) is 30.4. The molecule has 2 N–H and O–H groups in total. The van der Waals surface area contributed by atoms with E-state index in [9.17, 15) is 14.4 Å². The average molecular weight is 650 g/mol. The van der Waals surface area contributed by atoms with Gasteiger partial charge in [0.05, 0.1) is 0 Å². The molecule has 1 atom stereocenters. The van der Waals surface area contributed by atoms with Crippen LogP contribution >= 0.6 is 0 Å². The molecule has 0 fully saturated rings. The second-order valence-corrected chi connectivity index (χ2v) is 13.5. The van der Waals surface area contributed by atoms with Crippen molar-refractivity contribution >= 4 is 17.8 Å². The van der Waals surface area contributed by atoms with Gasteiger partial charge in [-0.1, -0.05) is 148 Å². The van der Waals surface area contributed by atoms with Gasteiger partial charge in [-0.25, -0.2) is 0 Å². The van der Waals surface area contributed by atoms with Gasteiger partial charge in [-0.05, 0) is 64.2 Å². The van der Waals surface area contributed by atoms with Crippen molar-refractivity contribution < 1.29 is 24.2 Å². The molecule has 6 nitrogen and oxygen atoms in total. The zero-order valence-electron chi connectivity index (χ0n) is 30.4. The van der Waals surface area contributed by atoms with E-state index in [2.05, 4.69) is 31.3 Å². The Morgan fingerprint density at radius 3 is 1.39 bits per heavy atom. The van der Waals surface area contributed by atoms with E-state index < -0.39 is 5.97 Å². The van der Waals surface area contributed by atoms with Gasteiger partial charge in [0, 0.05) is 12.8 Å². The van der Waals surface area contributed by atoms with Crippen molar-refractivity contribution in [3.63, 3.8) is 0 Å². The molecule has 1 amide bonds. The summed E-state index contributed by atoms with van der Waals surface area (Å²) in [5.41, 5.74) is 0. The number of carboxylic acids is 1. The standard InChI is InChI=1S/C40H75NO5/c1-3-5-7-9-11-13-15-16-17-18-20-22-27-31-35-40(45)46-37(32-28-24-21-19-14-12-10-8-6-4-2)33-29-25-23-26-30-34-38(42)41-36-39(43)44/h15-16,37H,3-14,17-36H2,1-2H3,(H,41,42)(H,43,44)/b16-15-. The molecular weight excluding hydrogens is 574 g/mol.